The van der Waals surface area contributed by atoms with Crippen LogP contribution in [0.25, 0.3) is 0 Å². The highest BCUT2D eigenvalue weighted by molar-refractivity contribution is 5.76. The standard InChI is InChI=1S/C67H119NO13/c1-3-5-7-9-11-12-13-14-15-16-17-18-19-20-21-22-23-24-25-26-27-28-29-30-31-32-33-34-35-36-37-38-39-40-41-42-43-44-45-47-49-51-59(72)68-55(56(71)50-48-46-10-8-6-4-2)54-78-66-64(77)62(75)65(58(53-70)80-66)81-67-63(76)61(74)60(73)57(52-69)79-67/h5,7,11-12,14-15,17-18,20-21,23-24,55-58,60-67,69-71,73-77H,3-4,6,8-10,13,16,19,22,25-54H2,1-2H3,(H,68,72)/b7-5-,12-11-,15-14-,18-17-,21-20-,24-23-. The van der Waals surface area contributed by atoms with E-state index in [2.05, 4.69) is 92.1 Å². The first-order chi connectivity index (χ1) is 39.6. The van der Waals surface area contributed by atoms with Crippen molar-refractivity contribution in [2.45, 2.75) is 325 Å². The molecule has 0 aliphatic carbocycles. The van der Waals surface area contributed by atoms with Crippen LogP contribution < -0.4 is 5.32 Å². The van der Waals surface area contributed by atoms with Crippen LogP contribution in [0, 0.1) is 0 Å². The van der Waals surface area contributed by atoms with E-state index in [-0.39, 0.29) is 12.5 Å². The second-order valence-corrected chi connectivity index (χ2v) is 22.9. The van der Waals surface area contributed by atoms with Crippen molar-refractivity contribution in [3.8, 4) is 0 Å². The van der Waals surface area contributed by atoms with Gasteiger partial charge in [-0.3, -0.25) is 4.79 Å². The van der Waals surface area contributed by atoms with Crippen molar-refractivity contribution in [1.82, 2.24) is 5.32 Å². The monoisotopic (exact) mass is 1150 g/mol. The maximum absolute atomic E-state index is 13.2. The van der Waals surface area contributed by atoms with Crippen molar-refractivity contribution >= 4 is 5.91 Å². The summed E-state index contributed by atoms with van der Waals surface area (Å²) < 4.78 is 22.7. The molecule has 0 aromatic carbocycles. The number of unbranched alkanes of at least 4 members (excludes halogenated alkanes) is 27. The predicted octanol–water partition coefficient (Wildman–Crippen LogP) is 12.3. The molecule has 0 bridgehead atoms. The minimum absolute atomic E-state index is 0.210. The summed E-state index contributed by atoms with van der Waals surface area (Å²) in [4.78, 5) is 13.2. The van der Waals surface area contributed by atoms with Gasteiger partial charge in [-0.2, -0.15) is 0 Å². The molecule has 1 amide bonds. The molecular weight excluding hydrogens is 1030 g/mol. The molecule has 0 radical (unpaired) electrons. The van der Waals surface area contributed by atoms with Crippen molar-refractivity contribution < 1.29 is 64.6 Å². The molecule has 14 nitrogen and oxygen atoms in total. The normalized spacial score (nSPS) is 24.6. The molecule has 0 saturated carbocycles. The average molecular weight is 1150 g/mol. The van der Waals surface area contributed by atoms with Crippen LogP contribution in [0.2, 0.25) is 0 Å². The molecule has 0 aromatic rings. The van der Waals surface area contributed by atoms with Gasteiger partial charge in [0, 0.05) is 6.42 Å². The van der Waals surface area contributed by atoms with Crippen LogP contribution in [-0.2, 0) is 23.7 Å². The molecule has 81 heavy (non-hydrogen) atoms. The summed E-state index contributed by atoms with van der Waals surface area (Å²) in [6.45, 7) is 2.67. The fourth-order valence-electron chi connectivity index (χ4n) is 10.5. The zero-order chi connectivity index (χ0) is 58.8. The van der Waals surface area contributed by atoms with E-state index in [9.17, 15) is 45.6 Å². The molecule has 2 aliphatic rings. The van der Waals surface area contributed by atoms with E-state index in [4.69, 9.17) is 18.9 Å². The Morgan fingerprint density at radius 3 is 1.31 bits per heavy atom. The average Bonchev–Trinajstić information content (AvgIpc) is 3.55. The van der Waals surface area contributed by atoms with Gasteiger partial charge in [-0.1, -0.05) is 254 Å². The van der Waals surface area contributed by atoms with Gasteiger partial charge in [0.1, 0.15) is 48.8 Å². The largest absolute Gasteiger partial charge is 0.394 e. The molecule has 12 atom stereocenters. The Bertz CT molecular complexity index is 1630. The van der Waals surface area contributed by atoms with Crippen molar-refractivity contribution in [2.75, 3.05) is 19.8 Å². The Kier molecular flexibility index (Phi) is 47.7. The number of allylic oxidation sites excluding steroid dienone is 12. The highest BCUT2D eigenvalue weighted by Gasteiger charge is 2.51. The Morgan fingerprint density at radius 2 is 0.852 bits per heavy atom. The number of hydrogen-bond acceptors (Lipinski definition) is 13. The van der Waals surface area contributed by atoms with E-state index >= 15 is 0 Å². The third-order valence-corrected chi connectivity index (χ3v) is 15.7. The van der Waals surface area contributed by atoms with Crippen LogP contribution in [0.15, 0.2) is 72.9 Å². The number of aliphatic hydroxyl groups is 8. The summed E-state index contributed by atoms with van der Waals surface area (Å²) in [6.07, 6.45) is 52.9. The lowest BCUT2D eigenvalue weighted by Gasteiger charge is -2.46. The topological polar surface area (TPSA) is 228 Å². The summed E-state index contributed by atoms with van der Waals surface area (Å²) >= 11 is 0. The molecule has 2 aliphatic heterocycles. The lowest BCUT2D eigenvalue weighted by molar-refractivity contribution is -0.359. The fraction of sp³-hybridized carbons (Fsp3) is 0.806. The molecule has 2 heterocycles. The van der Waals surface area contributed by atoms with E-state index in [0.717, 1.165) is 103 Å². The van der Waals surface area contributed by atoms with Gasteiger partial charge in [-0.25, -0.2) is 0 Å². The molecule has 0 aromatic heterocycles. The van der Waals surface area contributed by atoms with Gasteiger partial charge in [0.15, 0.2) is 12.6 Å². The van der Waals surface area contributed by atoms with Gasteiger partial charge in [-0.15, -0.1) is 0 Å². The molecule has 2 saturated heterocycles. The van der Waals surface area contributed by atoms with Gasteiger partial charge in [0.2, 0.25) is 5.91 Å². The van der Waals surface area contributed by atoms with Crippen molar-refractivity contribution in [3.05, 3.63) is 72.9 Å². The van der Waals surface area contributed by atoms with Gasteiger partial charge in [0.25, 0.3) is 0 Å². The van der Waals surface area contributed by atoms with E-state index in [0.29, 0.717) is 12.8 Å². The number of ether oxygens (including phenoxy) is 4. The van der Waals surface area contributed by atoms with Gasteiger partial charge < -0.3 is 65.1 Å². The van der Waals surface area contributed by atoms with Gasteiger partial charge in [-0.05, 0) is 64.2 Å². The van der Waals surface area contributed by atoms with Crippen LogP contribution in [0.3, 0.4) is 0 Å². The summed E-state index contributed by atoms with van der Waals surface area (Å²) in [6, 6.07) is -0.825. The van der Waals surface area contributed by atoms with Crippen LogP contribution in [0.5, 0.6) is 0 Å². The number of amides is 1. The summed E-state index contributed by atoms with van der Waals surface area (Å²) in [5, 5.41) is 86.8. The number of aliphatic hydroxyl groups excluding tert-OH is 8. The maximum Gasteiger partial charge on any atom is 0.220 e. The Labute approximate surface area is 491 Å². The minimum Gasteiger partial charge on any atom is -0.394 e. The minimum atomic E-state index is -1.78. The molecule has 0 spiro atoms. The SMILES string of the molecule is CC/C=C\C/C=C\C/C=C\C/C=C\C/C=C\C/C=C\CCCCCCCCCCCCCCCCCCCCCCCCC(=O)NC(COC1OC(CO)C(OC2OC(CO)C(O)C(O)C2O)C(O)C1O)C(O)CCCCCCCC. The zero-order valence-corrected chi connectivity index (χ0v) is 50.8. The summed E-state index contributed by atoms with van der Waals surface area (Å²) in [7, 11) is 0. The lowest BCUT2D eigenvalue weighted by atomic mass is 9.97. The molecular formula is C67H119NO13. The molecule has 9 N–H and O–H groups in total. The third-order valence-electron chi connectivity index (χ3n) is 15.7. The molecule has 2 rings (SSSR count). The van der Waals surface area contributed by atoms with Crippen molar-refractivity contribution in [3.63, 3.8) is 0 Å². The molecule has 2 fully saturated rings. The maximum atomic E-state index is 13.2. The number of carbonyl (C=O) groups is 1. The highest BCUT2D eigenvalue weighted by atomic mass is 16.7. The second-order valence-electron chi connectivity index (χ2n) is 22.9. The fourth-order valence-corrected chi connectivity index (χ4v) is 10.5. The van der Waals surface area contributed by atoms with Crippen LogP contribution in [-0.4, -0.2) is 140 Å². The molecule has 12 unspecified atom stereocenters. The number of rotatable bonds is 52. The zero-order valence-electron chi connectivity index (χ0n) is 50.8. The Hall–Kier alpha value is -2.57. The predicted molar refractivity (Wildman–Crippen MR) is 327 cm³/mol. The lowest BCUT2D eigenvalue weighted by Crippen LogP contribution is -2.65. The van der Waals surface area contributed by atoms with E-state index < -0.39 is 86.8 Å². The summed E-state index contributed by atoms with van der Waals surface area (Å²) in [5.74, 6) is -0.210. The van der Waals surface area contributed by atoms with Gasteiger partial charge in [0.05, 0.1) is 32.0 Å². The first-order valence-electron chi connectivity index (χ1n) is 32.7. The molecule has 470 valence electrons. The Morgan fingerprint density at radius 1 is 0.457 bits per heavy atom. The van der Waals surface area contributed by atoms with E-state index in [1.807, 2.05) is 0 Å². The number of hydrogen-bond donors (Lipinski definition) is 9. The second kappa shape index (κ2) is 51.8. The van der Waals surface area contributed by atoms with Crippen LogP contribution in [0.4, 0.5) is 0 Å². The van der Waals surface area contributed by atoms with Crippen molar-refractivity contribution in [2.24, 2.45) is 0 Å². The number of nitrogens with one attached hydrogen (secondary N) is 1. The van der Waals surface area contributed by atoms with Crippen LogP contribution in [0.1, 0.15) is 251 Å². The first-order valence-corrected chi connectivity index (χ1v) is 32.7. The van der Waals surface area contributed by atoms with Crippen molar-refractivity contribution in [1.29, 1.82) is 0 Å². The highest BCUT2D eigenvalue weighted by Crippen LogP contribution is 2.30. The van der Waals surface area contributed by atoms with Gasteiger partial charge >= 0.3 is 0 Å². The molecule has 14 heteroatoms. The number of carbonyl (C=O) groups excluding carboxylic acids is 1. The van der Waals surface area contributed by atoms with Crippen LogP contribution >= 0.6 is 0 Å². The quantitative estimate of drug-likeness (QED) is 0.0204. The van der Waals surface area contributed by atoms with E-state index in [1.54, 1.807) is 0 Å². The Balaban J connectivity index is 1.47. The summed E-state index contributed by atoms with van der Waals surface area (Å²) in [5.41, 5.74) is 0. The third kappa shape index (κ3) is 36.8. The van der Waals surface area contributed by atoms with E-state index in [1.165, 1.54) is 122 Å². The first kappa shape index (κ1) is 74.5. The smallest absolute Gasteiger partial charge is 0.220 e.